The topological polar surface area (TPSA) is 32.8 Å². The molecule has 4 nitrogen and oxygen atoms in total. The van der Waals surface area contributed by atoms with Crippen molar-refractivity contribution in [1.82, 2.24) is 9.80 Å². The van der Waals surface area contributed by atoms with Crippen molar-refractivity contribution < 1.29 is 9.53 Å². The Morgan fingerprint density at radius 3 is 2.78 bits per heavy atom. The Morgan fingerprint density at radius 1 is 1.43 bits per heavy atom. The van der Waals surface area contributed by atoms with Crippen LogP contribution in [0.25, 0.3) is 6.08 Å². The standard InChI is InChI=1S/C18H25BrN2O2/c1-4-23-17-7-6-15(19)13-14(17)5-8-18(22)21(3)16-9-11-20(2)12-10-16/h5-8,13,16H,4,9-12H2,1-3H3/b8-5+. The zero-order valence-electron chi connectivity index (χ0n) is 14.1. The molecule has 1 aliphatic heterocycles. The first-order chi connectivity index (χ1) is 11.0. The molecular formula is C18H25BrN2O2. The van der Waals surface area contributed by atoms with Gasteiger partial charge in [-0.1, -0.05) is 15.9 Å². The number of benzene rings is 1. The van der Waals surface area contributed by atoms with Crippen LogP contribution in [0.1, 0.15) is 25.3 Å². The SMILES string of the molecule is CCOc1ccc(Br)cc1/C=C/C(=O)N(C)C1CCN(C)CC1. The average Bonchev–Trinajstić information content (AvgIpc) is 2.55. The molecule has 0 spiro atoms. The number of amides is 1. The lowest BCUT2D eigenvalue weighted by Crippen LogP contribution is -2.43. The van der Waals surface area contributed by atoms with Crippen LogP contribution in [0.3, 0.4) is 0 Å². The highest BCUT2D eigenvalue weighted by molar-refractivity contribution is 9.10. The molecule has 0 N–H and O–H groups in total. The summed E-state index contributed by atoms with van der Waals surface area (Å²) in [7, 11) is 4.02. The zero-order chi connectivity index (χ0) is 16.8. The van der Waals surface area contributed by atoms with E-state index in [1.807, 2.05) is 43.1 Å². The number of likely N-dealkylation sites (N-methyl/N-ethyl adjacent to an activating group) is 1. The number of rotatable bonds is 5. The molecule has 5 heteroatoms. The quantitative estimate of drug-likeness (QED) is 0.733. The Labute approximate surface area is 147 Å². The number of likely N-dealkylation sites (tertiary alicyclic amines) is 1. The van der Waals surface area contributed by atoms with Gasteiger partial charge in [0.05, 0.1) is 6.61 Å². The minimum atomic E-state index is 0.0435. The van der Waals surface area contributed by atoms with Gasteiger partial charge in [-0.2, -0.15) is 0 Å². The second-order valence-electron chi connectivity index (χ2n) is 5.93. The molecule has 23 heavy (non-hydrogen) atoms. The van der Waals surface area contributed by atoms with E-state index in [9.17, 15) is 4.79 Å². The van der Waals surface area contributed by atoms with Gasteiger partial charge >= 0.3 is 0 Å². The Kier molecular flexibility index (Phi) is 6.66. The van der Waals surface area contributed by atoms with E-state index in [1.165, 1.54) is 0 Å². The van der Waals surface area contributed by atoms with Crippen LogP contribution in [0.4, 0.5) is 0 Å². The summed E-state index contributed by atoms with van der Waals surface area (Å²) in [6.45, 7) is 4.65. The van der Waals surface area contributed by atoms with Crippen molar-refractivity contribution in [3.8, 4) is 5.75 Å². The van der Waals surface area contributed by atoms with Crippen molar-refractivity contribution >= 4 is 27.9 Å². The number of halogens is 1. The van der Waals surface area contributed by atoms with E-state index in [-0.39, 0.29) is 5.91 Å². The fourth-order valence-electron chi connectivity index (χ4n) is 2.78. The van der Waals surface area contributed by atoms with E-state index in [1.54, 1.807) is 6.08 Å². The van der Waals surface area contributed by atoms with Gasteiger partial charge in [-0.05, 0) is 64.2 Å². The third-order valence-corrected chi connectivity index (χ3v) is 4.75. The summed E-state index contributed by atoms with van der Waals surface area (Å²) in [4.78, 5) is 16.6. The molecule has 1 aliphatic rings. The fourth-order valence-corrected chi connectivity index (χ4v) is 3.16. The Bertz CT molecular complexity index is 566. The number of hydrogen-bond acceptors (Lipinski definition) is 3. The molecule has 1 heterocycles. The third-order valence-electron chi connectivity index (χ3n) is 4.26. The van der Waals surface area contributed by atoms with Gasteiger partial charge in [0, 0.05) is 29.2 Å². The van der Waals surface area contributed by atoms with Crippen LogP contribution in [-0.4, -0.2) is 55.5 Å². The number of nitrogens with zero attached hydrogens (tertiary/aromatic N) is 2. The van der Waals surface area contributed by atoms with Gasteiger partial charge in [-0.25, -0.2) is 0 Å². The first-order valence-corrected chi connectivity index (χ1v) is 8.86. The van der Waals surface area contributed by atoms with Crippen LogP contribution < -0.4 is 4.74 Å². The Balaban J connectivity index is 2.04. The van der Waals surface area contributed by atoms with E-state index < -0.39 is 0 Å². The molecule has 1 aromatic rings. The van der Waals surface area contributed by atoms with E-state index in [4.69, 9.17) is 4.74 Å². The minimum Gasteiger partial charge on any atom is -0.493 e. The second kappa shape index (κ2) is 8.50. The maximum Gasteiger partial charge on any atom is 0.246 e. The maximum absolute atomic E-state index is 12.4. The van der Waals surface area contributed by atoms with E-state index >= 15 is 0 Å². The van der Waals surface area contributed by atoms with Gasteiger partial charge < -0.3 is 14.5 Å². The summed E-state index contributed by atoms with van der Waals surface area (Å²) < 4.78 is 6.58. The van der Waals surface area contributed by atoms with E-state index in [0.717, 1.165) is 41.7 Å². The first-order valence-electron chi connectivity index (χ1n) is 8.07. The molecular weight excluding hydrogens is 356 g/mol. The van der Waals surface area contributed by atoms with Crippen LogP contribution in [0, 0.1) is 0 Å². The highest BCUT2D eigenvalue weighted by Crippen LogP contribution is 2.25. The number of carbonyl (C=O) groups excluding carboxylic acids is 1. The lowest BCUT2D eigenvalue weighted by atomic mass is 10.0. The number of piperidine rings is 1. The van der Waals surface area contributed by atoms with Crippen LogP contribution >= 0.6 is 15.9 Å². The van der Waals surface area contributed by atoms with Gasteiger partial charge in [-0.15, -0.1) is 0 Å². The zero-order valence-corrected chi connectivity index (χ0v) is 15.7. The maximum atomic E-state index is 12.4. The first kappa shape index (κ1) is 18.0. The van der Waals surface area contributed by atoms with Gasteiger partial charge in [0.25, 0.3) is 0 Å². The summed E-state index contributed by atoms with van der Waals surface area (Å²) in [5.74, 6) is 0.837. The van der Waals surface area contributed by atoms with Crippen LogP contribution in [0.15, 0.2) is 28.7 Å². The summed E-state index contributed by atoms with van der Waals surface area (Å²) in [6.07, 6.45) is 5.55. The predicted molar refractivity (Wildman–Crippen MR) is 97.6 cm³/mol. The lowest BCUT2D eigenvalue weighted by molar-refractivity contribution is -0.127. The molecule has 0 unspecified atom stereocenters. The van der Waals surface area contributed by atoms with Crippen molar-refractivity contribution in [2.24, 2.45) is 0 Å². The highest BCUT2D eigenvalue weighted by Gasteiger charge is 2.22. The normalized spacial score (nSPS) is 16.7. The molecule has 126 valence electrons. The summed E-state index contributed by atoms with van der Waals surface area (Å²) in [6, 6.07) is 6.15. The van der Waals surface area contributed by atoms with Crippen molar-refractivity contribution in [2.45, 2.75) is 25.8 Å². The Morgan fingerprint density at radius 2 is 2.13 bits per heavy atom. The lowest BCUT2D eigenvalue weighted by Gasteiger charge is -2.34. The fraction of sp³-hybridized carbons (Fsp3) is 0.500. The van der Waals surface area contributed by atoms with Gasteiger partial charge in [-0.3, -0.25) is 4.79 Å². The smallest absolute Gasteiger partial charge is 0.246 e. The highest BCUT2D eigenvalue weighted by atomic mass is 79.9. The molecule has 1 fully saturated rings. The summed E-state index contributed by atoms with van der Waals surface area (Å²) in [5, 5.41) is 0. The van der Waals surface area contributed by atoms with Gasteiger partial charge in [0.15, 0.2) is 0 Å². The molecule has 1 saturated heterocycles. The largest absolute Gasteiger partial charge is 0.493 e. The van der Waals surface area contributed by atoms with Gasteiger partial charge in [0.1, 0.15) is 5.75 Å². The van der Waals surface area contributed by atoms with Crippen molar-refractivity contribution in [1.29, 1.82) is 0 Å². The molecule has 0 radical (unpaired) electrons. The van der Waals surface area contributed by atoms with Gasteiger partial charge in [0.2, 0.25) is 5.91 Å². The molecule has 0 saturated carbocycles. The third kappa shape index (κ3) is 5.08. The summed E-state index contributed by atoms with van der Waals surface area (Å²) in [5.41, 5.74) is 0.909. The molecule has 0 atom stereocenters. The molecule has 2 rings (SSSR count). The van der Waals surface area contributed by atoms with Crippen molar-refractivity contribution in [3.63, 3.8) is 0 Å². The average molecular weight is 381 g/mol. The van der Waals surface area contributed by atoms with Crippen LogP contribution in [0.2, 0.25) is 0 Å². The molecule has 0 aromatic heterocycles. The van der Waals surface area contributed by atoms with Crippen molar-refractivity contribution in [3.05, 3.63) is 34.3 Å². The summed E-state index contributed by atoms with van der Waals surface area (Å²) >= 11 is 3.46. The van der Waals surface area contributed by atoms with E-state index in [0.29, 0.717) is 12.6 Å². The van der Waals surface area contributed by atoms with Crippen molar-refractivity contribution in [2.75, 3.05) is 33.8 Å². The van der Waals surface area contributed by atoms with Crippen LogP contribution in [-0.2, 0) is 4.79 Å². The molecule has 1 aromatic carbocycles. The van der Waals surface area contributed by atoms with E-state index in [2.05, 4.69) is 27.9 Å². The second-order valence-corrected chi connectivity index (χ2v) is 6.85. The molecule has 1 amide bonds. The molecule has 0 aliphatic carbocycles. The number of carbonyl (C=O) groups is 1. The number of ether oxygens (including phenoxy) is 1. The Hall–Kier alpha value is -1.33. The number of hydrogen-bond donors (Lipinski definition) is 0. The monoisotopic (exact) mass is 380 g/mol. The van der Waals surface area contributed by atoms with Crippen LogP contribution in [0.5, 0.6) is 5.75 Å². The predicted octanol–water partition coefficient (Wildman–Crippen LogP) is 3.41. The molecule has 0 bridgehead atoms. The minimum absolute atomic E-state index is 0.0435.